The Morgan fingerprint density at radius 1 is 1.50 bits per heavy atom. The van der Waals surface area contributed by atoms with Gasteiger partial charge >= 0.3 is 0 Å². The van der Waals surface area contributed by atoms with Crippen LogP contribution in [0.25, 0.3) is 0 Å². The Balaban J connectivity index is 2.09. The van der Waals surface area contributed by atoms with E-state index in [1.165, 1.54) is 0 Å². The number of rotatable bonds is 5. The average Bonchev–Trinajstić information content (AvgIpc) is 2.79. The number of halogens is 1. The van der Waals surface area contributed by atoms with Crippen molar-refractivity contribution >= 4 is 48.8 Å². The highest BCUT2D eigenvalue weighted by Gasteiger charge is 2.33. The zero-order chi connectivity index (χ0) is 16.2. The van der Waals surface area contributed by atoms with Gasteiger partial charge in [-0.15, -0.1) is 0 Å². The molecule has 122 valence electrons. The lowest BCUT2D eigenvalue weighted by Crippen LogP contribution is -2.44. The molecule has 0 amide bonds. The van der Waals surface area contributed by atoms with Crippen LogP contribution in [-0.4, -0.2) is 42.5 Å². The van der Waals surface area contributed by atoms with E-state index < -0.39 is 9.84 Å². The predicted molar refractivity (Wildman–Crippen MR) is 99.0 cm³/mol. The minimum atomic E-state index is -2.92. The maximum atomic E-state index is 11.7. The molecule has 1 heterocycles. The van der Waals surface area contributed by atoms with E-state index in [1.807, 2.05) is 29.2 Å². The van der Waals surface area contributed by atoms with E-state index in [2.05, 4.69) is 28.2 Å². The van der Waals surface area contributed by atoms with Crippen LogP contribution in [-0.2, 0) is 9.84 Å². The van der Waals surface area contributed by atoms with Gasteiger partial charge in [0, 0.05) is 22.7 Å². The maximum Gasteiger partial charge on any atom is 0.173 e. The quantitative estimate of drug-likeness (QED) is 0.761. The Hall–Kier alpha value is -0.660. The summed E-state index contributed by atoms with van der Waals surface area (Å²) in [6, 6.07) is 7.78. The summed E-state index contributed by atoms with van der Waals surface area (Å²) in [6.07, 6.45) is 2.71. The van der Waals surface area contributed by atoms with Gasteiger partial charge in [0.15, 0.2) is 14.9 Å². The number of sulfone groups is 1. The summed E-state index contributed by atoms with van der Waals surface area (Å²) in [5, 5.41) is 3.83. The third-order valence-corrected chi connectivity index (χ3v) is 6.32. The Morgan fingerprint density at radius 3 is 2.86 bits per heavy atom. The molecular weight excluding hydrogens is 384 g/mol. The Bertz CT molecular complexity index is 634. The summed E-state index contributed by atoms with van der Waals surface area (Å²) < 4.78 is 24.5. The summed E-state index contributed by atoms with van der Waals surface area (Å²) >= 11 is 8.97. The van der Waals surface area contributed by atoms with Crippen LogP contribution < -0.4 is 5.32 Å². The third kappa shape index (κ3) is 4.93. The van der Waals surface area contributed by atoms with E-state index in [-0.39, 0.29) is 17.5 Å². The van der Waals surface area contributed by atoms with Gasteiger partial charge in [0.2, 0.25) is 0 Å². The van der Waals surface area contributed by atoms with Crippen molar-refractivity contribution in [2.75, 3.05) is 23.4 Å². The van der Waals surface area contributed by atoms with E-state index in [0.717, 1.165) is 29.5 Å². The molecule has 1 atom stereocenters. The van der Waals surface area contributed by atoms with Crippen LogP contribution in [0.2, 0.25) is 0 Å². The molecule has 4 nitrogen and oxygen atoms in total. The largest absolute Gasteiger partial charge is 0.345 e. The first-order valence-corrected chi connectivity index (χ1v) is 10.5. The van der Waals surface area contributed by atoms with Gasteiger partial charge in [-0.25, -0.2) is 8.42 Å². The van der Waals surface area contributed by atoms with E-state index in [0.29, 0.717) is 11.5 Å². The summed E-state index contributed by atoms with van der Waals surface area (Å²) in [4.78, 5) is 2.05. The number of hydrogen-bond donors (Lipinski definition) is 1. The first-order chi connectivity index (χ1) is 10.4. The second-order valence-electron chi connectivity index (χ2n) is 5.54. The molecule has 0 spiro atoms. The van der Waals surface area contributed by atoms with Crippen LogP contribution in [0.4, 0.5) is 5.69 Å². The molecule has 0 aromatic heterocycles. The maximum absolute atomic E-state index is 11.7. The number of hydrogen-bond acceptors (Lipinski definition) is 3. The fourth-order valence-corrected chi connectivity index (χ4v) is 5.05. The lowest BCUT2D eigenvalue weighted by Gasteiger charge is -2.31. The molecule has 1 aliphatic heterocycles. The van der Waals surface area contributed by atoms with E-state index in [9.17, 15) is 8.42 Å². The van der Waals surface area contributed by atoms with Gasteiger partial charge in [-0.3, -0.25) is 0 Å². The van der Waals surface area contributed by atoms with Gasteiger partial charge in [-0.05, 0) is 43.3 Å². The molecule has 1 N–H and O–H groups in total. The molecule has 0 unspecified atom stereocenters. The van der Waals surface area contributed by atoms with Gasteiger partial charge in [0.1, 0.15) is 0 Å². The predicted octanol–water partition coefficient (Wildman–Crippen LogP) is 3.44. The molecule has 0 aliphatic carbocycles. The molecular formula is C15H21BrN2O2S2. The molecule has 1 saturated heterocycles. The fraction of sp³-hybridized carbons (Fsp3) is 0.533. The highest BCUT2D eigenvalue weighted by atomic mass is 79.9. The topological polar surface area (TPSA) is 49.4 Å². The lowest BCUT2D eigenvalue weighted by atomic mass is 10.2. The van der Waals surface area contributed by atoms with E-state index in [4.69, 9.17) is 12.2 Å². The van der Waals surface area contributed by atoms with Crippen molar-refractivity contribution in [3.63, 3.8) is 0 Å². The van der Waals surface area contributed by atoms with Crippen LogP contribution in [0.1, 0.15) is 26.2 Å². The summed E-state index contributed by atoms with van der Waals surface area (Å²) in [7, 11) is -2.92. The molecule has 7 heteroatoms. The highest BCUT2D eigenvalue weighted by Crippen LogP contribution is 2.21. The average molecular weight is 405 g/mol. The van der Waals surface area contributed by atoms with Gasteiger partial charge in [-0.2, -0.15) is 0 Å². The summed E-state index contributed by atoms with van der Waals surface area (Å²) in [5.74, 6) is 0.469. The van der Waals surface area contributed by atoms with Crippen molar-refractivity contribution in [3.05, 3.63) is 28.7 Å². The van der Waals surface area contributed by atoms with Crippen molar-refractivity contribution in [1.29, 1.82) is 0 Å². The molecule has 0 radical (unpaired) electrons. The number of unbranched alkanes of at least 4 members (excludes halogenated alkanes) is 1. The molecule has 2 rings (SSSR count). The molecule has 1 fully saturated rings. The van der Waals surface area contributed by atoms with Gasteiger partial charge < -0.3 is 10.2 Å². The van der Waals surface area contributed by atoms with Crippen molar-refractivity contribution < 1.29 is 8.42 Å². The summed E-state index contributed by atoms with van der Waals surface area (Å²) in [6.45, 7) is 2.91. The van der Waals surface area contributed by atoms with Crippen LogP contribution in [0, 0.1) is 0 Å². The molecule has 0 saturated carbocycles. The van der Waals surface area contributed by atoms with Gasteiger partial charge in [0.25, 0.3) is 0 Å². The van der Waals surface area contributed by atoms with Gasteiger partial charge in [0.05, 0.1) is 11.5 Å². The number of anilines is 1. The third-order valence-electron chi connectivity index (χ3n) is 3.74. The van der Waals surface area contributed by atoms with E-state index in [1.54, 1.807) is 0 Å². The Kier molecular flexibility index (Phi) is 6.23. The molecule has 1 aliphatic rings. The van der Waals surface area contributed by atoms with Crippen molar-refractivity contribution in [2.45, 2.75) is 32.2 Å². The van der Waals surface area contributed by atoms with Gasteiger partial charge in [-0.1, -0.05) is 35.3 Å². The number of nitrogens with zero attached hydrogens (tertiary/aromatic N) is 1. The normalized spacial score (nSPS) is 19.8. The molecule has 0 bridgehead atoms. The first-order valence-electron chi connectivity index (χ1n) is 7.45. The lowest BCUT2D eigenvalue weighted by molar-refractivity contribution is 0.333. The zero-order valence-corrected chi connectivity index (χ0v) is 15.8. The molecule has 1 aromatic rings. The first kappa shape index (κ1) is 17.7. The number of benzene rings is 1. The van der Waals surface area contributed by atoms with E-state index >= 15 is 0 Å². The highest BCUT2D eigenvalue weighted by molar-refractivity contribution is 9.10. The van der Waals surface area contributed by atoms with Crippen LogP contribution in [0.15, 0.2) is 28.7 Å². The number of thiocarbonyl (C=S) groups is 1. The second kappa shape index (κ2) is 7.75. The minimum Gasteiger partial charge on any atom is -0.345 e. The Labute approximate surface area is 146 Å². The molecule has 1 aromatic carbocycles. The smallest absolute Gasteiger partial charge is 0.173 e. The monoisotopic (exact) mass is 404 g/mol. The summed E-state index contributed by atoms with van der Waals surface area (Å²) in [5.41, 5.74) is 0.904. The van der Waals surface area contributed by atoms with Crippen molar-refractivity contribution in [2.24, 2.45) is 0 Å². The Morgan fingerprint density at radius 2 is 2.27 bits per heavy atom. The SMILES string of the molecule is CCCCN(C(=S)Nc1cccc(Br)c1)[C@@H]1CCS(=O)(=O)C1. The second-order valence-corrected chi connectivity index (χ2v) is 9.08. The minimum absolute atomic E-state index is 0.0105. The van der Waals surface area contributed by atoms with Crippen molar-refractivity contribution in [3.8, 4) is 0 Å². The zero-order valence-electron chi connectivity index (χ0n) is 12.6. The standard InChI is InChI=1S/C15H21BrN2O2S2/c1-2-3-8-18(14-7-9-22(19,20)11-14)15(21)17-13-6-4-5-12(16)10-13/h4-6,10,14H,2-3,7-9,11H2,1H3,(H,17,21)/t14-/m1/s1. The van der Waals surface area contributed by atoms with Crippen LogP contribution in [0.3, 0.4) is 0 Å². The number of nitrogens with one attached hydrogen (secondary N) is 1. The van der Waals surface area contributed by atoms with Crippen LogP contribution >= 0.6 is 28.1 Å². The van der Waals surface area contributed by atoms with Crippen LogP contribution in [0.5, 0.6) is 0 Å². The fourth-order valence-electron chi connectivity index (χ4n) is 2.56. The molecule has 22 heavy (non-hydrogen) atoms. The van der Waals surface area contributed by atoms with Crippen molar-refractivity contribution in [1.82, 2.24) is 4.90 Å².